The third-order valence-corrected chi connectivity index (χ3v) is 4.72. The molecule has 0 amide bonds. The molecule has 0 aromatic heterocycles. The Balaban J connectivity index is 2.41. The van der Waals surface area contributed by atoms with E-state index in [2.05, 4.69) is 4.72 Å². The Labute approximate surface area is 124 Å². The van der Waals surface area contributed by atoms with Crippen LogP contribution in [0.2, 0.25) is 5.02 Å². The molecule has 5 heteroatoms. The summed E-state index contributed by atoms with van der Waals surface area (Å²) in [6.45, 7) is 3.88. The summed E-state index contributed by atoms with van der Waals surface area (Å²) in [5.41, 5.74) is 2.54. The van der Waals surface area contributed by atoms with Crippen LogP contribution in [0.5, 0.6) is 0 Å². The molecule has 0 fully saturated rings. The van der Waals surface area contributed by atoms with E-state index >= 15 is 0 Å². The van der Waals surface area contributed by atoms with Gasteiger partial charge in [0, 0.05) is 5.02 Å². The Hall–Kier alpha value is -1.52. The molecule has 3 nitrogen and oxygen atoms in total. The lowest BCUT2D eigenvalue weighted by Crippen LogP contribution is -2.15. The van der Waals surface area contributed by atoms with Gasteiger partial charge < -0.3 is 0 Å². The molecule has 0 aliphatic rings. The van der Waals surface area contributed by atoms with Crippen molar-refractivity contribution in [1.29, 1.82) is 0 Å². The average molecular weight is 310 g/mol. The minimum Gasteiger partial charge on any atom is -0.279 e. The molecule has 0 spiro atoms. The summed E-state index contributed by atoms with van der Waals surface area (Å²) in [4.78, 5) is 0.201. The fourth-order valence-electron chi connectivity index (χ4n) is 1.98. The fraction of sp³-hybridized carbons (Fsp3) is 0.200. The number of para-hydroxylation sites is 1. The van der Waals surface area contributed by atoms with E-state index in [0.29, 0.717) is 10.7 Å². The first-order chi connectivity index (χ1) is 9.44. The SMILES string of the molecule is CCc1cccc(C)c1NS(=O)(=O)c1ccc(Cl)cc1. The third-order valence-electron chi connectivity index (χ3n) is 3.10. The van der Waals surface area contributed by atoms with E-state index < -0.39 is 10.0 Å². The number of sulfonamides is 1. The summed E-state index contributed by atoms with van der Waals surface area (Å²) in [7, 11) is -3.59. The first-order valence-electron chi connectivity index (χ1n) is 6.31. The van der Waals surface area contributed by atoms with Crippen molar-refractivity contribution in [3.8, 4) is 0 Å². The molecule has 0 bridgehead atoms. The largest absolute Gasteiger partial charge is 0.279 e. The summed E-state index contributed by atoms with van der Waals surface area (Å²) >= 11 is 5.78. The number of aryl methyl sites for hydroxylation is 2. The summed E-state index contributed by atoms with van der Waals surface area (Å²) in [6.07, 6.45) is 0.764. The molecule has 20 heavy (non-hydrogen) atoms. The molecule has 2 rings (SSSR count). The van der Waals surface area contributed by atoms with Gasteiger partial charge >= 0.3 is 0 Å². The molecule has 0 radical (unpaired) electrons. The van der Waals surface area contributed by atoms with E-state index in [1.54, 1.807) is 12.1 Å². The molecule has 0 saturated carbocycles. The second-order valence-corrected chi connectivity index (χ2v) is 6.64. The van der Waals surface area contributed by atoms with E-state index in [-0.39, 0.29) is 4.90 Å². The first kappa shape index (κ1) is 14.9. The van der Waals surface area contributed by atoms with Gasteiger partial charge in [-0.3, -0.25) is 4.72 Å². The zero-order chi connectivity index (χ0) is 14.8. The Morgan fingerprint density at radius 1 is 1.10 bits per heavy atom. The Morgan fingerprint density at radius 2 is 1.75 bits per heavy atom. The molecular formula is C15H16ClNO2S. The highest BCUT2D eigenvalue weighted by Crippen LogP contribution is 2.25. The van der Waals surface area contributed by atoms with Gasteiger partial charge in [-0.1, -0.05) is 36.7 Å². The van der Waals surface area contributed by atoms with Gasteiger partial charge in [-0.05, 0) is 48.7 Å². The van der Waals surface area contributed by atoms with Crippen LogP contribution in [-0.4, -0.2) is 8.42 Å². The van der Waals surface area contributed by atoms with Crippen LogP contribution in [-0.2, 0) is 16.4 Å². The quantitative estimate of drug-likeness (QED) is 0.927. The van der Waals surface area contributed by atoms with Crippen LogP contribution in [0.15, 0.2) is 47.4 Å². The molecular weight excluding hydrogens is 294 g/mol. The van der Waals surface area contributed by atoms with Crippen molar-refractivity contribution in [1.82, 2.24) is 0 Å². The van der Waals surface area contributed by atoms with Gasteiger partial charge in [0.2, 0.25) is 0 Å². The third kappa shape index (κ3) is 3.14. The molecule has 0 atom stereocenters. The van der Waals surface area contributed by atoms with E-state index in [1.807, 2.05) is 32.0 Å². The molecule has 0 unspecified atom stereocenters. The standard InChI is InChI=1S/C15H16ClNO2S/c1-3-12-6-4-5-11(2)15(12)17-20(18,19)14-9-7-13(16)8-10-14/h4-10,17H,3H2,1-2H3. The van der Waals surface area contributed by atoms with E-state index in [9.17, 15) is 8.42 Å². The van der Waals surface area contributed by atoms with E-state index in [1.165, 1.54) is 12.1 Å². The lowest BCUT2D eigenvalue weighted by atomic mass is 10.1. The fourth-order valence-corrected chi connectivity index (χ4v) is 3.28. The molecule has 106 valence electrons. The van der Waals surface area contributed by atoms with Crippen LogP contribution in [0.3, 0.4) is 0 Å². The molecule has 1 N–H and O–H groups in total. The first-order valence-corrected chi connectivity index (χ1v) is 8.17. The van der Waals surface area contributed by atoms with Crippen molar-refractivity contribution < 1.29 is 8.42 Å². The van der Waals surface area contributed by atoms with Gasteiger partial charge in [-0.25, -0.2) is 8.42 Å². The number of nitrogens with one attached hydrogen (secondary N) is 1. The van der Waals surface area contributed by atoms with Crippen LogP contribution in [0, 0.1) is 6.92 Å². The number of hydrogen-bond donors (Lipinski definition) is 1. The Bertz CT molecular complexity index is 709. The zero-order valence-electron chi connectivity index (χ0n) is 11.4. The van der Waals surface area contributed by atoms with Crippen molar-refractivity contribution in [2.75, 3.05) is 4.72 Å². The lowest BCUT2D eigenvalue weighted by molar-refractivity contribution is 0.601. The Morgan fingerprint density at radius 3 is 2.35 bits per heavy atom. The highest BCUT2D eigenvalue weighted by atomic mass is 35.5. The van der Waals surface area contributed by atoms with Crippen LogP contribution < -0.4 is 4.72 Å². The van der Waals surface area contributed by atoms with Gasteiger partial charge in [-0.2, -0.15) is 0 Å². The van der Waals surface area contributed by atoms with E-state index in [4.69, 9.17) is 11.6 Å². The monoisotopic (exact) mass is 309 g/mol. The van der Waals surface area contributed by atoms with Gasteiger partial charge in [0.1, 0.15) is 0 Å². The average Bonchev–Trinajstić information content (AvgIpc) is 2.41. The van der Waals surface area contributed by atoms with Crippen LogP contribution in [0.4, 0.5) is 5.69 Å². The summed E-state index contributed by atoms with van der Waals surface area (Å²) in [5.74, 6) is 0. The maximum atomic E-state index is 12.4. The maximum absolute atomic E-state index is 12.4. The second-order valence-electron chi connectivity index (χ2n) is 4.52. The normalized spacial score (nSPS) is 11.3. The number of hydrogen-bond acceptors (Lipinski definition) is 2. The second kappa shape index (κ2) is 5.85. The van der Waals surface area contributed by atoms with Crippen molar-refractivity contribution in [3.05, 3.63) is 58.6 Å². The van der Waals surface area contributed by atoms with Gasteiger partial charge in [0.05, 0.1) is 10.6 Å². The van der Waals surface area contributed by atoms with Crippen molar-refractivity contribution in [2.24, 2.45) is 0 Å². The summed E-state index contributed by atoms with van der Waals surface area (Å²) in [6, 6.07) is 11.9. The number of rotatable bonds is 4. The minimum atomic E-state index is -3.59. The maximum Gasteiger partial charge on any atom is 0.261 e. The highest BCUT2D eigenvalue weighted by Gasteiger charge is 2.16. The van der Waals surface area contributed by atoms with Gasteiger partial charge in [0.15, 0.2) is 0 Å². The Kier molecular flexibility index (Phi) is 4.35. The molecule has 0 aliphatic heterocycles. The summed E-state index contributed by atoms with van der Waals surface area (Å²) in [5, 5.41) is 0.508. The molecule has 0 aliphatic carbocycles. The molecule has 0 saturated heterocycles. The number of anilines is 1. The van der Waals surface area contributed by atoms with E-state index in [0.717, 1.165) is 17.5 Å². The van der Waals surface area contributed by atoms with Gasteiger partial charge in [0.25, 0.3) is 10.0 Å². The topological polar surface area (TPSA) is 46.2 Å². The van der Waals surface area contributed by atoms with Crippen LogP contribution in [0.1, 0.15) is 18.1 Å². The van der Waals surface area contributed by atoms with Crippen molar-refractivity contribution >= 4 is 27.3 Å². The predicted octanol–water partition coefficient (Wildman–Crippen LogP) is 4.01. The zero-order valence-corrected chi connectivity index (χ0v) is 12.9. The van der Waals surface area contributed by atoms with Crippen LogP contribution in [0.25, 0.3) is 0 Å². The van der Waals surface area contributed by atoms with Crippen LogP contribution >= 0.6 is 11.6 Å². The van der Waals surface area contributed by atoms with Crippen molar-refractivity contribution in [2.45, 2.75) is 25.2 Å². The number of benzene rings is 2. The lowest BCUT2D eigenvalue weighted by Gasteiger charge is -2.14. The molecule has 2 aromatic rings. The number of halogens is 1. The molecule has 0 heterocycles. The highest BCUT2D eigenvalue weighted by molar-refractivity contribution is 7.92. The van der Waals surface area contributed by atoms with Crippen molar-refractivity contribution in [3.63, 3.8) is 0 Å². The smallest absolute Gasteiger partial charge is 0.261 e. The minimum absolute atomic E-state index is 0.201. The predicted molar refractivity (Wildman–Crippen MR) is 82.8 cm³/mol. The van der Waals surface area contributed by atoms with Gasteiger partial charge in [-0.15, -0.1) is 0 Å². The molecule has 2 aromatic carbocycles. The summed E-state index contributed by atoms with van der Waals surface area (Å²) < 4.78 is 27.4.